The zero-order valence-corrected chi connectivity index (χ0v) is 17.2. The smallest absolute Gasteiger partial charge is 0.252 e. The summed E-state index contributed by atoms with van der Waals surface area (Å²) in [5, 5.41) is 5.79. The topological polar surface area (TPSA) is 97.0 Å². The van der Waals surface area contributed by atoms with Crippen molar-refractivity contribution in [2.24, 2.45) is 0 Å². The molecule has 1 saturated heterocycles. The molecule has 0 unspecified atom stereocenters. The molecule has 3 amide bonds. The van der Waals surface area contributed by atoms with Gasteiger partial charge in [-0.15, -0.1) is 0 Å². The zero-order chi connectivity index (χ0) is 21.7. The molecule has 2 aromatic carbocycles. The van der Waals surface area contributed by atoms with Gasteiger partial charge in [-0.25, -0.2) is 0 Å². The Balaban J connectivity index is 1.60. The zero-order valence-electron chi connectivity index (χ0n) is 17.2. The molecule has 158 valence electrons. The number of benzene rings is 2. The lowest BCUT2D eigenvalue weighted by molar-refractivity contribution is -0.138. The summed E-state index contributed by atoms with van der Waals surface area (Å²) in [5.41, 5.74) is 2.31. The summed E-state index contributed by atoms with van der Waals surface area (Å²) in [6, 6.07) is 11.9. The fourth-order valence-corrected chi connectivity index (χ4v) is 3.36. The second-order valence-corrected chi connectivity index (χ2v) is 6.98. The highest BCUT2D eigenvalue weighted by atomic mass is 16.5. The number of imide groups is 1. The standard InChI is InChI=1S/C22H25N3O5/c1-14(26)23-16-5-7-17(8-6-16)24-18-13-21(27)25(22(18)28)11-10-15-4-9-19(29-2)20(12-15)30-3/h4-9,12,18,24H,10-11,13H2,1-3H3,(H,23,26)/t18-/m1/s1. The number of nitrogens with zero attached hydrogens (tertiary/aromatic N) is 1. The Bertz CT molecular complexity index is 942. The van der Waals surface area contributed by atoms with E-state index in [9.17, 15) is 14.4 Å². The van der Waals surface area contributed by atoms with E-state index in [1.54, 1.807) is 44.6 Å². The summed E-state index contributed by atoms with van der Waals surface area (Å²) >= 11 is 0. The van der Waals surface area contributed by atoms with Gasteiger partial charge in [-0.3, -0.25) is 19.3 Å². The maximum absolute atomic E-state index is 12.7. The summed E-state index contributed by atoms with van der Waals surface area (Å²) in [6.45, 7) is 1.73. The highest BCUT2D eigenvalue weighted by Gasteiger charge is 2.38. The number of nitrogens with one attached hydrogen (secondary N) is 2. The molecule has 1 aliphatic heterocycles. The predicted molar refractivity (Wildman–Crippen MR) is 113 cm³/mol. The van der Waals surface area contributed by atoms with Gasteiger partial charge in [0, 0.05) is 24.8 Å². The minimum atomic E-state index is -0.602. The number of rotatable bonds is 8. The largest absolute Gasteiger partial charge is 0.493 e. The van der Waals surface area contributed by atoms with Crippen molar-refractivity contribution in [2.75, 3.05) is 31.4 Å². The first-order chi connectivity index (χ1) is 14.4. The van der Waals surface area contributed by atoms with Gasteiger partial charge in [0.25, 0.3) is 5.91 Å². The van der Waals surface area contributed by atoms with Gasteiger partial charge in [-0.05, 0) is 48.4 Å². The van der Waals surface area contributed by atoms with Crippen LogP contribution in [-0.4, -0.2) is 49.4 Å². The van der Waals surface area contributed by atoms with Crippen molar-refractivity contribution in [3.05, 3.63) is 48.0 Å². The average molecular weight is 411 g/mol. The molecule has 1 heterocycles. The van der Waals surface area contributed by atoms with Gasteiger partial charge in [-0.1, -0.05) is 6.07 Å². The number of amides is 3. The molecule has 2 N–H and O–H groups in total. The van der Waals surface area contributed by atoms with Crippen molar-refractivity contribution in [1.82, 2.24) is 4.90 Å². The number of methoxy groups -OCH3 is 2. The van der Waals surface area contributed by atoms with Gasteiger partial charge < -0.3 is 20.1 Å². The number of ether oxygens (including phenoxy) is 2. The van der Waals surface area contributed by atoms with Gasteiger partial charge in [0.2, 0.25) is 11.8 Å². The Labute approximate surface area is 175 Å². The van der Waals surface area contributed by atoms with Crippen LogP contribution in [0, 0.1) is 0 Å². The number of carbonyl (C=O) groups is 3. The second-order valence-electron chi connectivity index (χ2n) is 6.98. The van der Waals surface area contributed by atoms with Crippen LogP contribution in [0.25, 0.3) is 0 Å². The van der Waals surface area contributed by atoms with E-state index in [1.165, 1.54) is 11.8 Å². The normalized spacial score (nSPS) is 15.8. The van der Waals surface area contributed by atoms with E-state index in [0.717, 1.165) is 5.56 Å². The van der Waals surface area contributed by atoms with Crippen LogP contribution in [0.1, 0.15) is 18.9 Å². The molecule has 1 fully saturated rings. The summed E-state index contributed by atoms with van der Waals surface area (Å²) in [6.07, 6.45) is 0.633. The molecule has 8 heteroatoms. The van der Waals surface area contributed by atoms with Crippen LogP contribution in [0.4, 0.5) is 11.4 Å². The molecule has 2 aromatic rings. The lowest BCUT2D eigenvalue weighted by Crippen LogP contribution is -2.36. The Hall–Kier alpha value is -3.55. The quantitative estimate of drug-likeness (QED) is 0.648. The van der Waals surface area contributed by atoms with Crippen LogP contribution in [0.2, 0.25) is 0 Å². The van der Waals surface area contributed by atoms with Crippen LogP contribution < -0.4 is 20.1 Å². The van der Waals surface area contributed by atoms with Crippen LogP contribution in [0.3, 0.4) is 0 Å². The molecule has 8 nitrogen and oxygen atoms in total. The third kappa shape index (κ3) is 4.89. The van der Waals surface area contributed by atoms with Crippen LogP contribution in [0.5, 0.6) is 11.5 Å². The van der Waals surface area contributed by atoms with E-state index in [0.29, 0.717) is 35.8 Å². The Morgan fingerprint density at radius 1 is 1.03 bits per heavy atom. The molecule has 0 radical (unpaired) electrons. The van der Waals surface area contributed by atoms with Gasteiger partial charge in [0.15, 0.2) is 11.5 Å². The SMILES string of the molecule is COc1ccc(CCN2C(=O)C[C@@H](Nc3ccc(NC(C)=O)cc3)C2=O)cc1OC. The number of hydrogen-bond donors (Lipinski definition) is 2. The van der Waals surface area contributed by atoms with Crippen LogP contribution in [0.15, 0.2) is 42.5 Å². The van der Waals surface area contributed by atoms with E-state index in [4.69, 9.17) is 9.47 Å². The molecule has 0 aliphatic carbocycles. The molecule has 0 saturated carbocycles. The lowest BCUT2D eigenvalue weighted by Gasteiger charge is -2.17. The molecule has 0 spiro atoms. The fourth-order valence-electron chi connectivity index (χ4n) is 3.36. The van der Waals surface area contributed by atoms with Gasteiger partial charge >= 0.3 is 0 Å². The lowest BCUT2D eigenvalue weighted by atomic mass is 10.1. The maximum Gasteiger partial charge on any atom is 0.252 e. The first-order valence-electron chi connectivity index (χ1n) is 9.60. The third-order valence-corrected chi connectivity index (χ3v) is 4.86. The first-order valence-corrected chi connectivity index (χ1v) is 9.60. The van der Waals surface area contributed by atoms with Gasteiger partial charge in [-0.2, -0.15) is 0 Å². The predicted octanol–water partition coefficient (Wildman–Crippen LogP) is 2.44. The molecular weight excluding hydrogens is 386 g/mol. The fraction of sp³-hybridized carbons (Fsp3) is 0.318. The highest BCUT2D eigenvalue weighted by Crippen LogP contribution is 2.28. The van der Waals surface area contributed by atoms with Crippen molar-refractivity contribution < 1.29 is 23.9 Å². The maximum atomic E-state index is 12.7. The number of hydrogen-bond acceptors (Lipinski definition) is 6. The minimum Gasteiger partial charge on any atom is -0.493 e. The summed E-state index contributed by atoms with van der Waals surface area (Å²) < 4.78 is 10.5. The average Bonchev–Trinajstić information content (AvgIpc) is 2.99. The van der Waals surface area contributed by atoms with E-state index in [-0.39, 0.29) is 24.1 Å². The highest BCUT2D eigenvalue weighted by molar-refractivity contribution is 6.06. The van der Waals surface area contributed by atoms with Crippen LogP contribution in [-0.2, 0) is 20.8 Å². The molecule has 3 rings (SSSR count). The molecule has 30 heavy (non-hydrogen) atoms. The van der Waals surface area contributed by atoms with E-state index >= 15 is 0 Å². The van der Waals surface area contributed by atoms with Crippen molar-refractivity contribution in [1.29, 1.82) is 0 Å². The molecule has 1 aliphatic rings. The Morgan fingerprint density at radius 3 is 2.33 bits per heavy atom. The second kappa shape index (κ2) is 9.30. The summed E-state index contributed by atoms with van der Waals surface area (Å²) in [7, 11) is 3.13. The Morgan fingerprint density at radius 2 is 1.70 bits per heavy atom. The molecule has 0 bridgehead atoms. The monoisotopic (exact) mass is 411 g/mol. The summed E-state index contributed by atoms with van der Waals surface area (Å²) in [4.78, 5) is 37.5. The van der Waals surface area contributed by atoms with Crippen molar-refractivity contribution in [2.45, 2.75) is 25.8 Å². The van der Waals surface area contributed by atoms with Gasteiger partial charge in [0.1, 0.15) is 6.04 Å². The van der Waals surface area contributed by atoms with Crippen molar-refractivity contribution in [3.63, 3.8) is 0 Å². The van der Waals surface area contributed by atoms with Crippen molar-refractivity contribution in [3.8, 4) is 11.5 Å². The van der Waals surface area contributed by atoms with Crippen molar-refractivity contribution >= 4 is 29.1 Å². The number of anilines is 2. The van der Waals surface area contributed by atoms with Gasteiger partial charge in [0.05, 0.1) is 20.6 Å². The Kier molecular flexibility index (Phi) is 6.56. The van der Waals surface area contributed by atoms with E-state index in [2.05, 4.69) is 10.6 Å². The summed E-state index contributed by atoms with van der Waals surface area (Å²) in [5.74, 6) is 0.636. The number of likely N-dealkylation sites (tertiary alicyclic amines) is 1. The minimum absolute atomic E-state index is 0.109. The number of carbonyl (C=O) groups excluding carboxylic acids is 3. The molecule has 0 aromatic heterocycles. The first kappa shape index (κ1) is 21.2. The third-order valence-electron chi connectivity index (χ3n) is 4.86. The molecular formula is C22H25N3O5. The van der Waals surface area contributed by atoms with Crippen LogP contribution >= 0.6 is 0 Å². The van der Waals surface area contributed by atoms with E-state index < -0.39 is 6.04 Å². The molecule has 1 atom stereocenters. The van der Waals surface area contributed by atoms with E-state index in [1.807, 2.05) is 12.1 Å².